The van der Waals surface area contributed by atoms with Crippen LogP contribution in [0.1, 0.15) is 60.5 Å². The average molecular weight is 462 g/mol. The van der Waals surface area contributed by atoms with Gasteiger partial charge in [-0.25, -0.2) is 5.43 Å². The van der Waals surface area contributed by atoms with Crippen molar-refractivity contribution in [3.8, 4) is 0 Å². The van der Waals surface area contributed by atoms with Gasteiger partial charge in [0.1, 0.15) is 0 Å². The SMILES string of the molecule is O=C(CN1CCCCC(NC(=O)C2CCC3NNC(c4ccncc4)C3C2)C1)c1ccccc1. The van der Waals surface area contributed by atoms with Crippen molar-refractivity contribution in [3.63, 3.8) is 0 Å². The molecule has 5 rings (SSSR count). The Hall–Kier alpha value is -2.61. The standard InChI is InChI=1S/C27H35N5O2/c33-25(19-6-2-1-3-7-19)18-32-15-5-4-8-22(17-32)29-27(34)21-9-10-24-23(16-21)26(31-30-24)20-11-13-28-14-12-20/h1-3,6-7,11-14,21-24,26,30-31H,4-5,8-10,15-18H2,(H,29,34). The maximum atomic E-state index is 13.3. The summed E-state index contributed by atoms with van der Waals surface area (Å²) in [7, 11) is 0. The lowest BCUT2D eigenvalue weighted by Crippen LogP contribution is -2.47. The molecule has 34 heavy (non-hydrogen) atoms. The summed E-state index contributed by atoms with van der Waals surface area (Å²) in [6.45, 7) is 2.06. The van der Waals surface area contributed by atoms with Crippen LogP contribution in [0.5, 0.6) is 0 Å². The number of nitrogens with zero attached hydrogens (tertiary/aromatic N) is 2. The summed E-state index contributed by atoms with van der Waals surface area (Å²) in [5, 5.41) is 3.36. The van der Waals surface area contributed by atoms with Crippen molar-refractivity contribution in [1.29, 1.82) is 0 Å². The lowest BCUT2D eigenvalue weighted by molar-refractivity contribution is -0.127. The van der Waals surface area contributed by atoms with Gasteiger partial charge in [0.25, 0.3) is 0 Å². The van der Waals surface area contributed by atoms with Crippen molar-refractivity contribution in [2.45, 2.75) is 56.7 Å². The number of pyridine rings is 1. The minimum Gasteiger partial charge on any atom is -0.352 e. The van der Waals surface area contributed by atoms with E-state index in [1.165, 1.54) is 5.56 Å². The van der Waals surface area contributed by atoms with E-state index < -0.39 is 0 Å². The smallest absolute Gasteiger partial charge is 0.223 e. The Labute approximate surface area is 201 Å². The van der Waals surface area contributed by atoms with Crippen LogP contribution >= 0.6 is 0 Å². The van der Waals surface area contributed by atoms with Gasteiger partial charge in [-0.15, -0.1) is 0 Å². The van der Waals surface area contributed by atoms with Gasteiger partial charge in [-0.1, -0.05) is 36.8 Å². The number of hydrazine groups is 1. The van der Waals surface area contributed by atoms with E-state index in [0.717, 1.165) is 57.2 Å². The molecule has 0 radical (unpaired) electrons. The summed E-state index contributed by atoms with van der Waals surface area (Å²) in [5.41, 5.74) is 8.88. The van der Waals surface area contributed by atoms with Crippen LogP contribution in [0.15, 0.2) is 54.9 Å². The second-order valence-electron chi connectivity index (χ2n) is 10.1. The van der Waals surface area contributed by atoms with E-state index in [1.54, 1.807) is 0 Å². The third kappa shape index (κ3) is 5.37. The molecule has 1 saturated carbocycles. The summed E-state index contributed by atoms with van der Waals surface area (Å²) in [6.07, 6.45) is 9.57. The molecule has 3 heterocycles. The Morgan fingerprint density at radius 3 is 2.65 bits per heavy atom. The Morgan fingerprint density at radius 2 is 1.82 bits per heavy atom. The maximum absolute atomic E-state index is 13.3. The Balaban J connectivity index is 1.17. The molecular weight excluding hydrogens is 426 g/mol. The van der Waals surface area contributed by atoms with Gasteiger partial charge >= 0.3 is 0 Å². The van der Waals surface area contributed by atoms with Crippen molar-refractivity contribution in [1.82, 2.24) is 26.1 Å². The van der Waals surface area contributed by atoms with Crippen LogP contribution in [-0.4, -0.2) is 53.3 Å². The molecule has 5 atom stereocenters. The number of Topliss-reactive ketones (excluding diaryl/α,β-unsaturated/α-hetero) is 1. The fourth-order valence-corrected chi connectivity index (χ4v) is 5.92. The number of carbonyl (C=O) groups is 2. The first-order chi connectivity index (χ1) is 16.7. The zero-order chi connectivity index (χ0) is 23.3. The van der Waals surface area contributed by atoms with E-state index >= 15 is 0 Å². The Kier molecular flexibility index (Phi) is 7.33. The van der Waals surface area contributed by atoms with Gasteiger partial charge in [0.05, 0.1) is 12.6 Å². The van der Waals surface area contributed by atoms with Gasteiger partial charge in [-0.05, 0) is 62.3 Å². The number of likely N-dealkylation sites (tertiary alicyclic amines) is 1. The normalized spacial score (nSPS) is 29.7. The number of benzene rings is 1. The van der Waals surface area contributed by atoms with Crippen LogP contribution in [0.4, 0.5) is 0 Å². The third-order valence-electron chi connectivity index (χ3n) is 7.75. The summed E-state index contributed by atoms with van der Waals surface area (Å²) >= 11 is 0. The molecule has 0 spiro atoms. The third-order valence-corrected chi connectivity index (χ3v) is 7.75. The molecule has 1 aromatic carbocycles. The number of rotatable bonds is 6. The maximum Gasteiger partial charge on any atom is 0.223 e. The van der Waals surface area contributed by atoms with Gasteiger partial charge < -0.3 is 5.32 Å². The van der Waals surface area contributed by atoms with E-state index in [-0.39, 0.29) is 29.7 Å². The highest BCUT2D eigenvalue weighted by Crippen LogP contribution is 2.40. The molecule has 2 aliphatic heterocycles. The predicted octanol–water partition coefficient (Wildman–Crippen LogP) is 2.87. The molecule has 3 fully saturated rings. The number of hydrogen-bond donors (Lipinski definition) is 3. The fraction of sp³-hybridized carbons (Fsp3) is 0.519. The number of aromatic nitrogens is 1. The monoisotopic (exact) mass is 461 g/mol. The molecule has 7 heteroatoms. The van der Waals surface area contributed by atoms with Crippen molar-refractivity contribution >= 4 is 11.7 Å². The topological polar surface area (TPSA) is 86.4 Å². The molecule has 3 aliphatic rings. The molecule has 2 saturated heterocycles. The van der Waals surface area contributed by atoms with Gasteiger partial charge in [0, 0.05) is 42.5 Å². The number of nitrogens with one attached hydrogen (secondary N) is 3. The number of fused-ring (bicyclic) bond motifs is 1. The Morgan fingerprint density at radius 1 is 1.00 bits per heavy atom. The highest BCUT2D eigenvalue weighted by atomic mass is 16.2. The Bertz CT molecular complexity index is 970. The van der Waals surface area contributed by atoms with Crippen molar-refractivity contribution in [3.05, 3.63) is 66.0 Å². The van der Waals surface area contributed by atoms with Gasteiger partial charge in [-0.2, -0.15) is 0 Å². The first kappa shape index (κ1) is 23.1. The van der Waals surface area contributed by atoms with Crippen LogP contribution in [0.2, 0.25) is 0 Å². The van der Waals surface area contributed by atoms with Crippen LogP contribution in [0.3, 0.4) is 0 Å². The van der Waals surface area contributed by atoms with Crippen molar-refractivity contribution < 1.29 is 9.59 Å². The number of hydrogen-bond acceptors (Lipinski definition) is 6. The zero-order valence-electron chi connectivity index (χ0n) is 19.7. The molecular formula is C27H35N5O2. The van der Waals surface area contributed by atoms with E-state index in [4.69, 9.17) is 0 Å². The molecule has 2 aromatic rings. The molecule has 180 valence electrons. The first-order valence-electron chi connectivity index (χ1n) is 12.7. The molecule has 1 aromatic heterocycles. The van der Waals surface area contributed by atoms with Crippen molar-refractivity contribution in [2.24, 2.45) is 11.8 Å². The number of carbonyl (C=O) groups excluding carboxylic acids is 2. The first-order valence-corrected chi connectivity index (χ1v) is 12.7. The molecule has 0 bridgehead atoms. The predicted molar refractivity (Wildman–Crippen MR) is 131 cm³/mol. The largest absolute Gasteiger partial charge is 0.352 e. The van der Waals surface area contributed by atoms with Gasteiger partial charge in [-0.3, -0.25) is 24.9 Å². The van der Waals surface area contributed by atoms with Gasteiger partial charge in [0.2, 0.25) is 5.91 Å². The van der Waals surface area contributed by atoms with E-state index in [9.17, 15) is 9.59 Å². The van der Waals surface area contributed by atoms with E-state index in [1.807, 2.05) is 42.7 Å². The highest BCUT2D eigenvalue weighted by molar-refractivity contribution is 5.97. The summed E-state index contributed by atoms with van der Waals surface area (Å²) in [6, 6.07) is 14.3. The minimum absolute atomic E-state index is 0.0370. The second-order valence-corrected chi connectivity index (χ2v) is 10.1. The molecule has 1 aliphatic carbocycles. The van der Waals surface area contributed by atoms with E-state index in [2.05, 4.69) is 38.2 Å². The van der Waals surface area contributed by atoms with Crippen LogP contribution < -0.4 is 16.2 Å². The molecule has 5 unspecified atom stereocenters. The van der Waals surface area contributed by atoms with Crippen LogP contribution in [0, 0.1) is 11.8 Å². The van der Waals surface area contributed by atoms with Crippen molar-refractivity contribution in [2.75, 3.05) is 19.6 Å². The zero-order valence-corrected chi connectivity index (χ0v) is 19.7. The van der Waals surface area contributed by atoms with Crippen LogP contribution in [-0.2, 0) is 4.79 Å². The summed E-state index contributed by atoms with van der Waals surface area (Å²) in [5.74, 6) is 0.755. The number of amides is 1. The molecule has 1 amide bonds. The molecule has 3 N–H and O–H groups in total. The van der Waals surface area contributed by atoms with Crippen LogP contribution in [0.25, 0.3) is 0 Å². The highest BCUT2D eigenvalue weighted by Gasteiger charge is 2.43. The second kappa shape index (κ2) is 10.8. The summed E-state index contributed by atoms with van der Waals surface area (Å²) < 4.78 is 0. The molecule has 7 nitrogen and oxygen atoms in total. The quantitative estimate of drug-likeness (QED) is 0.574. The fourth-order valence-electron chi connectivity index (χ4n) is 5.92. The lowest BCUT2D eigenvalue weighted by Gasteiger charge is -2.33. The number of ketones is 1. The lowest BCUT2D eigenvalue weighted by atomic mass is 9.74. The average Bonchev–Trinajstić information content (AvgIpc) is 3.18. The summed E-state index contributed by atoms with van der Waals surface area (Å²) in [4.78, 5) is 32.4. The van der Waals surface area contributed by atoms with Gasteiger partial charge in [0.15, 0.2) is 5.78 Å². The minimum atomic E-state index is 0.0370. The van der Waals surface area contributed by atoms with E-state index in [0.29, 0.717) is 18.5 Å².